The van der Waals surface area contributed by atoms with Crippen molar-refractivity contribution in [2.45, 2.75) is 6.54 Å². The SMILES string of the molecule is Cn1ccc(CNc2cc(Cl)nnc2Cl)n1. The molecule has 0 radical (unpaired) electrons. The van der Waals surface area contributed by atoms with Crippen LogP contribution in [0.15, 0.2) is 18.3 Å². The Morgan fingerprint density at radius 2 is 2.19 bits per heavy atom. The Kier molecular flexibility index (Phi) is 3.26. The lowest BCUT2D eigenvalue weighted by Crippen LogP contribution is -2.03. The molecule has 0 bridgehead atoms. The van der Waals surface area contributed by atoms with E-state index in [0.29, 0.717) is 22.5 Å². The average molecular weight is 258 g/mol. The highest BCUT2D eigenvalue weighted by Gasteiger charge is 2.04. The van der Waals surface area contributed by atoms with E-state index in [2.05, 4.69) is 20.6 Å². The quantitative estimate of drug-likeness (QED) is 0.916. The van der Waals surface area contributed by atoms with Gasteiger partial charge in [0.05, 0.1) is 17.9 Å². The molecule has 0 aromatic carbocycles. The van der Waals surface area contributed by atoms with Crippen LogP contribution in [-0.2, 0) is 13.6 Å². The molecular formula is C9H9Cl2N5. The van der Waals surface area contributed by atoms with Gasteiger partial charge in [0.2, 0.25) is 0 Å². The predicted octanol–water partition coefficient (Wildman–Crippen LogP) is 2.13. The van der Waals surface area contributed by atoms with Crippen LogP contribution in [-0.4, -0.2) is 20.0 Å². The van der Waals surface area contributed by atoms with Crippen LogP contribution in [0.3, 0.4) is 0 Å². The molecule has 0 fully saturated rings. The molecule has 2 aromatic rings. The van der Waals surface area contributed by atoms with E-state index in [-0.39, 0.29) is 0 Å². The zero-order valence-electron chi connectivity index (χ0n) is 8.48. The molecular weight excluding hydrogens is 249 g/mol. The number of aromatic nitrogens is 4. The summed E-state index contributed by atoms with van der Waals surface area (Å²) in [5.41, 5.74) is 1.55. The number of aryl methyl sites for hydroxylation is 1. The van der Waals surface area contributed by atoms with E-state index in [1.54, 1.807) is 10.7 Å². The van der Waals surface area contributed by atoms with Crippen molar-refractivity contribution in [2.24, 2.45) is 7.05 Å². The lowest BCUT2D eigenvalue weighted by atomic mass is 10.4. The normalized spacial score (nSPS) is 10.4. The lowest BCUT2D eigenvalue weighted by Gasteiger charge is -2.05. The summed E-state index contributed by atoms with van der Waals surface area (Å²) in [4.78, 5) is 0. The minimum atomic E-state index is 0.292. The molecule has 0 unspecified atom stereocenters. The fraction of sp³-hybridized carbons (Fsp3) is 0.222. The van der Waals surface area contributed by atoms with Gasteiger partial charge in [0.15, 0.2) is 10.3 Å². The van der Waals surface area contributed by atoms with E-state index >= 15 is 0 Å². The van der Waals surface area contributed by atoms with Crippen LogP contribution < -0.4 is 5.32 Å². The molecule has 0 saturated heterocycles. The molecule has 2 heterocycles. The highest BCUT2D eigenvalue weighted by atomic mass is 35.5. The number of hydrogen-bond acceptors (Lipinski definition) is 4. The molecule has 2 rings (SSSR count). The first-order valence-corrected chi connectivity index (χ1v) is 5.32. The summed E-state index contributed by atoms with van der Waals surface area (Å²) in [7, 11) is 1.86. The number of nitrogens with zero attached hydrogens (tertiary/aromatic N) is 4. The maximum absolute atomic E-state index is 5.85. The van der Waals surface area contributed by atoms with Gasteiger partial charge in [0, 0.05) is 19.3 Å². The van der Waals surface area contributed by atoms with Crippen LogP contribution in [0.1, 0.15) is 5.69 Å². The van der Waals surface area contributed by atoms with Gasteiger partial charge < -0.3 is 5.32 Å². The maximum Gasteiger partial charge on any atom is 0.174 e. The van der Waals surface area contributed by atoms with Crippen molar-refractivity contribution in [2.75, 3.05) is 5.32 Å². The van der Waals surface area contributed by atoms with Crippen LogP contribution in [0.2, 0.25) is 10.3 Å². The van der Waals surface area contributed by atoms with Gasteiger partial charge in [-0.2, -0.15) is 5.10 Å². The minimum Gasteiger partial charge on any atom is -0.377 e. The first kappa shape index (κ1) is 11.2. The van der Waals surface area contributed by atoms with Crippen LogP contribution in [0.5, 0.6) is 0 Å². The Morgan fingerprint density at radius 3 is 2.88 bits per heavy atom. The highest BCUT2D eigenvalue weighted by molar-refractivity contribution is 6.33. The van der Waals surface area contributed by atoms with Crippen LogP contribution >= 0.6 is 23.2 Å². The third-order valence-corrected chi connectivity index (χ3v) is 2.41. The number of hydrogen-bond donors (Lipinski definition) is 1. The topological polar surface area (TPSA) is 55.6 Å². The van der Waals surface area contributed by atoms with Gasteiger partial charge in [-0.25, -0.2) is 0 Å². The van der Waals surface area contributed by atoms with E-state index in [0.717, 1.165) is 5.69 Å². The zero-order chi connectivity index (χ0) is 11.5. The van der Waals surface area contributed by atoms with Gasteiger partial charge in [0.1, 0.15) is 0 Å². The summed E-state index contributed by atoms with van der Waals surface area (Å²) in [6.45, 7) is 0.558. The third kappa shape index (κ3) is 2.62. The predicted molar refractivity (Wildman–Crippen MR) is 62.6 cm³/mol. The second-order valence-corrected chi connectivity index (χ2v) is 3.95. The molecule has 1 N–H and O–H groups in total. The summed E-state index contributed by atoms with van der Waals surface area (Å²) in [6, 6.07) is 3.54. The number of rotatable bonds is 3. The minimum absolute atomic E-state index is 0.292. The first-order valence-electron chi connectivity index (χ1n) is 4.56. The molecule has 0 spiro atoms. The molecule has 7 heteroatoms. The van der Waals surface area contributed by atoms with Gasteiger partial charge in [0.25, 0.3) is 0 Å². The van der Waals surface area contributed by atoms with Crippen LogP contribution in [0.25, 0.3) is 0 Å². The molecule has 0 aliphatic rings. The third-order valence-electron chi connectivity index (χ3n) is 1.95. The fourth-order valence-corrected chi connectivity index (χ4v) is 1.53. The Bertz CT molecular complexity index is 496. The van der Waals surface area contributed by atoms with Gasteiger partial charge in [-0.05, 0) is 6.07 Å². The molecule has 16 heavy (non-hydrogen) atoms. The zero-order valence-corrected chi connectivity index (χ0v) is 10.00. The average Bonchev–Trinajstić information content (AvgIpc) is 2.66. The van der Waals surface area contributed by atoms with Crippen molar-refractivity contribution in [3.8, 4) is 0 Å². The molecule has 5 nitrogen and oxygen atoms in total. The van der Waals surface area contributed by atoms with Crippen LogP contribution in [0, 0.1) is 0 Å². The molecule has 2 aromatic heterocycles. The van der Waals surface area contributed by atoms with E-state index < -0.39 is 0 Å². The van der Waals surface area contributed by atoms with E-state index in [9.17, 15) is 0 Å². The summed E-state index contributed by atoms with van der Waals surface area (Å²) in [5.74, 6) is 0. The van der Waals surface area contributed by atoms with Crippen molar-refractivity contribution < 1.29 is 0 Å². The van der Waals surface area contributed by atoms with Gasteiger partial charge >= 0.3 is 0 Å². The Balaban J connectivity index is 2.07. The monoisotopic (exact) mass is 257 g/mol. The molecule has 0 aliphatic carbocycles. The Labute approximate surface area is 102 Å². The Morgan fingerprint density at radius 1 is 1.38 bits per heavy atom. The first-order chi connectivity index (χ1) is 7.65. The van der Waals surface area contributed by atoms with Gasteiger partial charge in [-0.1, -0.05) is 23.2 Å². The standard InChI is InChI=1S/C9H9Cl2N5/c1-16-3-2-6(15-16)5-12-7-4-8(10)13-14-9(7)11/h2-4H,5H2,1H3,(H,12,13). The summed E-state index contributed by atoms with van der Waals surface area (Å²) in [5, 5.41) is 15.2. The summed E-state index contributed by atoms with van der Waals surface area (Å²) in [6.07, 6.45) is 1.87. The van der Waals surface area contributed by atoms with Crippen molar-refractivity contribution in [1.29, 1.82) is 0 Å². The largest absolute Gasteiger partial charge is 0.377 e. The number of anilines is 1. The highest BCUT2D eigenvalue weighted by Crippen LogP contribution is 2.21. The fourth-order valence-electron chi connectivity index (χ4n) is 1.22. The molecule has 84 valence electrons. The molecule has 0 aliphatic heterocycles. The Hall–Kier alpha value is -1.33. The molecule has 0 atom stereocenters. The van der Waals surface area contributed by atoms with E-state index in [1.807, 2.05) is 19.3 Å². The number of nitrogens with one attached hydrogen (secondary N) is 1. The van der Waals surface area contributed by atoms with E-state index in [1.165, 1.54) is 0 Å². The van der Waals surface area contributed by atoms with Crippen molar-refractivity contribution >= 4 is 28.9 Å². The smallest absolute Gasteiger partial charge is 0.174 e. The molecule has 0 amide bonds. The van der Waals surface area contributed by atoms with Crippen LogP contribution in [0.4, 0.5) is 5.69 Å². The van der Waals surface area contributed by atoms with Gasteiger partial charge in [-0.3, -0.25) is 4.68 Å². The maximum atomic E-state index is 5.85. The number of halogens is 2. The second-order valence-electron chi connectivity index (χ2n) is 3.21. The summed E-state index contributed by atoms with van der Waals surface area (Å²) < 4.78 is 1.73. The van der Waals surface area contributed by atoms with Crippen molar-refractivity contribution in [3.05, 3.63) is 34.3 Å². The van der Waals surface area contributed by atoms with E-state index in [4.69, 9.17) is 23.2 Å². The van der Waals surface area contributed by atoms with Crippen molar-refractivity contribution in [3.63, 3.8) is 0 Å². The lowest BCUT2D eigenvalue weighted by molar-refractivity contribution is 0.747. The van der Waals surface area contributed by atoms with Gasteiger partial charge in [-0.15, -0.1) is 10.2 Å². The summed E-state index contributed by atoms with van der Waals surface area (Å²) >= 11 is 11.6. The second kappa shape index (κ2) is 4.67. The van der Waals surface area contributed by atoms with Crippen molar-refractivity contribution in [1.82, 2.24) is 20.0 Å². The molecule has 0 saturated carbocycles.